The lowest BCUT2D eigenvalue weighted by atomic mass is 10.0. The molecule has 0 bridgehead atoms. The standard InChI is InChI=1S/C20H20FNO2S2/c21-18-4-2-1-3-17(18)15-5-7-16(8-6-15)19(23)13-26-14-20(24)22-9-11-25-12-10-22/h1-8H,9-14H2. The maximum absolute atomic E-state index is 13.8. The zero-order chi connectivity index (χ0) is 18.4. The zero-order valence-corrected chi connectivity index (χ0v) is 16.0. The molecule has 0 radical (unpaired) electrons. The van der Waals surface area contributed by atoms with Crippen molar-refractivity contribution in [1.82, 2.24) is 4.90 Å². The Morgan fingerprint density at radius 1 is 1.00 bits per heavy atom. The van der Waals surface area contributed by atoms with Gasteiger partial charge in [0.05, 0.1) is 11.5 Å². The number of hydrogen-bond acceptors (Lipinski definition) is 4. The van der Waals surface area contributed by atoms with Gasteiger partial charge in [-0.3, -0.25) is 9.59 Å². The highest BCUT2D eigenvalue weighted by atomic mass is 32.2. The summed E-state index contributed by atoms with van der Waals surface area (Å²) in [5.74, 6) is 2.40. The van der Waals surface area contributed by atoms with E-state index in [9.17, 15) is 14.0 Å². The Morgan fingerprint density at radius 2 is 1.69 bits per heavy atom. The first kappa shape index (κ1) is 19.0. The molecule has 3 rings (SSSR count). The molecule has 0 spiro atoms. The molecule has 1 aliphatic heterocycles. The topological polar surface area (TPSA) is 37.4 Å². The molecule has 6 heteroatoms. The first-order valence-electron chi connectivity index (χ1n) is 8.46. The lowest BCUT2D eigenvalue weighted by Gasteiger charge is -2.26. The molecule has 26 heavy (non-hydrogen) atoms. The molecule has 0 aliphatic carbocycles. The molecular weight excluding hydrogens is 369 g/mol. The number of halogens is 1. The molecule has 0 saturated carbocycles. The summed E-state index contributed by atoms with van der Waals surface area (Å²) in [5.41, 5.74) is 1.84. The van der Waals surface area contributed by atoms with Crippen molar-refractivity contribution >= 4 is 35.2 Å². The maximum atomic E-state index is 13.8. The van der Waals surface area contributed by atoms with Crippen molar-refractivity contribution < 1.29 is 14.0 Å². The van der Waals surface area contributed by atoms with Crippen LogP contribution in [0.2, 0.25) is 0 Å². The molecule has 136 valence electrons. The van der Waals surface area contributed by atoms with Crippen LogP contribution in [0, 0.1) is 5.82 Å². The monoisotopic (exact) mass is 389 g/mol. The van der Waals surface area contributed by atoms with Gasteiger partial charge in [-0.1, -0.05) is 42.5 Å². The van der Waals surface area contributed by atoms with Crippen LogP contribution in [0.3, 0.4) is 0 Å². The summed E-state index contributed by atoms with van der Waals surface area (Å²) in [4.78, 5) is 26.3. The molecule has 1 amide bonds. The largest absolute Gasteiger partial charge is 0.340 e. The molecule has 3 nitrogen and oxygen atoms in total. The number of benzene rings is 2. The Balaban J connectivity index is 1.52. The number of nitrogens with zero attached hydrogens (tertiary/aromatic N) is 1. The summed E-state index contributed by atoms with van der Waals surface area (Å²) in [5, 5.41) is 0. The third kappa shape index (κ3) is 4.89. The highest BCUT2D eigenvalue weighted by Crippen LogP contribution is 2.23. The predicted octanol–water partition coefficient (Wildman–Crippen LogP) is 3.98. The van der Waals surface area contributed by atoms with Crippen LogP contribution < -0.4 is 0 Å². The van der Waals surface area contributed by atoms with Crippen LogP contribution >= 0.6 is 23.5 Å². The SMILES string of the molecule is O=C(CSCC(=O)N1CCSCC1)c1ccc(-c2ccccc2F)cc1. The van der Waals surface area contributed by atoms with E-state index < -0.39 is 0 Å². The van der Waals surface area contributed by atoms with Crippen LogP contribution in [0.4, 0.5) is 4.39 Å². The highest BCUT2D eigenvalue weighted by molar-refractivity contribution is 8.00. The number of rotatable bonds is 6. The second kappa shape index (κ2) is 9.24. The quantitative estimate of drug-likeness (QED) is 0.701. The van der Waals surface area contributed by atoms with Gasteiger partial charge >= 0.3 is 0 Å². The van der Waals surface area contributed by atoms with Crippen LogP contribution in [-0.2, 0) is 4.79 Å². The van der Waals surface area contributed by atoms with Gasteiger partial charge in [0.2, 0.25) is 5.91 Å². The summed E-state index contributed by atoms with van der Waals surface area (Å²) in [6.45, 7) is 1.60. The van der Waals surface area contributed by atoms with Crippen molar-refractivity contribution in [3.63, 3.8) is 0 Å². The van der Waals surface area contributed by atoms with Gasteiger partial charge in [0.1, 0.15) is 5.82 Å². The van der Waals surface area contributed by atoms with E-state index in [0.29, 0.717) is 16.9 Å². The molecule has 0 aromatic heterocycles. The molecule has 0 unspecified atom stereocenters. The Bertz CT molecular complexity index is 774. The van der Waals surface area contributed by atoms with Gasteiger partial charge in [0.15, 0.2) is 5.78 Å². The highest BCUT2D eigenvalue weighted by Gasteiger charge is 2.17. The minimum absolute atomic E-state index is 0.0166. The predicted molar refractivity (Wildman–Crippen MR) is 107 cm³/mol. The molecule has 1 aliphatic rings. The van der Waals surface area contributed by atoms with Gasteiger partial charge in [-0.25, -0.2) is 4.39 Å². The third-order valence-corrected chi connectivity index (χ3v) is 6.07. The van der Waals surface area contributed by atoms with E-state index in [0.717, 1.165) is 30.2 Å². The van der Waals surface area contributed by atoms with E-state index in [1.165, 1.54) is 17.8 Å². The van der Waals surface area contributed by atoms with Crippen LogP contribution in [-0.4, -0.2) is 52.7 Å². The summed E-state index contributed by atoms with van der Waals surface area (Å²) in [6.07, 6.45) is 0. The van der Waals surface area contributed by atoms with Gasteiger partial charge in [-0.2, -0.15) is 11.8 Å². The molecular formula is C20H20FNO2S2. The average Bonchev–Trinajstić information content (AvgIpc) is 2.69. The molecule has 1 saturated heterocycles. The molecule has 1 fully saturated rings. The van der Waals surface area contributed by atoms with Crippen molar-refractivity contribution in [3.05, 3.63) is 59.9 Å². The summed E-state index contributed by atoms with van der Waals surface area (Å²) < 4.78 is 13.8. The molecule has 1 heterocycles. The molecule has 0 atom stereocenters. The minimum Gasteiger partial charge on any atom is -0.340 e. The Labute approximate surface area is 161 Å². The van der Waals surface area contributed by atoms with E-state index in [-0.39, 0.29) is 23.3 Å². The smallest absolute Gasteiger partial charge is 0.232 e. The number of hydrogen-bond donors (Lipinski definition) is 0. The molecule has 2 aromatic carbocycles. The number of ketones is 1. The van der Waals surface area contributed by atoms with Crippen molar-refractivity contribution in [1.29, 1.82) is 0 Å². The average molecular weight is 390 g/mol. The normalized spacial score (nSPS) is 14.3. The van der Waals surface area contributed by atoms with Crippen molar-refractivity contribution in [2.45, 2.75) is 0 Å². The summed E-state index contributed by atoms with van der Waals surface area (Å²) in [7, 11) is 0. The number of carbonyl (C=O) groups is 2. The van der Waals surface area contributed by atoms with Crippen LogP contribution in [0.25, 0.3) is 11.1 Å². The first-order chi connectivity index (χ1) is 12.6. The fourth-order valence-electron chi connectivity index (χ4n) is 2.75. The van der Waals surface area contributed by atoms with Gasteiger partial charge in [0, 0.05) is 35.7 Å². The number of amides is 1. The van der Waals surface area contributed by atoms with Crippen molar-refractivity contribution in [3.8, 4) is 11.1 Å². The van der Waals surface area contributed by atoms with Gasteiger partial charge < -0.3 is 4.90 Å². The van der Waals surface area contributed by atoms with E-state index in [1.807, 2.05) is 16.7 Å². The number of Topliss-reactive ketones (excluding diaryl/α,β-unsaturated/α-hetero) is 1. The summed E-state index contributed by atoms with van der Waals surface area (Å²) >= 11 is 3.22. The van der Waals surface area contributed by atoms with Crippen LogP contribution in [0.5, 0.6) is 0 Å². The Hall–Kier alpha value is -1.79. The van der Waals surface area contributed by atoms with Crippen LogP contribution in [0.1, 0.15) is 10.4 Å². The second-order valence-electron chi connectivity index (χ2n) is 5.97. The van der Waals surface area contributed by atoms with Crippen LogP contribution in [0.15, 0.2) is 48.5 Å². The fraction of sp³-hybridized carbons (Fsp3) is 0.300. The van der Waals surface area contributed by atoms with Crippen molar-refractivity contribution in [2.24, 2.45) is 0 Å². The van der Waals surface area contributed by atoms with Gasteiger partial charge in [-0.15, -0.1) is 11.8 Å². The maximum Gasteiger partial charge on any atom is 0.232 e. The lowest BCUT2D eigenvalue weighted by molar-refractivity contribution is -0.127. The van der Waals surface area contributed by atoms with E-state index in [1.54, 1.807) is 42.5 Å². The minimum atomic E-state index is -0.281. The second-order valence-corrected chi connectivity index (χ2v) is 8.18. The lowest BCUT2D eigenvalue weighted by Crippen LogP contribution is -2.39. The van der Waals surface area contributed by atoms with E-state index in [2.05, 4.69) is 0 Å². The Kier molecular flexibility index (Phi) is 6.74. The van der Waals surface area contributed by atoms with Gasteiger partial charge in [-0.05, 0) is 11.6 Å². The zero-order valence-electron chi connectivity index (χ0n) is 14.3. The van der Waals surface area contributed by atoms with Gasteiger partial charge in [0.25, 0.3) is 0 Å². The fourth-order valence-corrected chi connectivity index (χ4v) is 4.46. The third-order valence-electron chi connectivity index (χ3n) is 4.21. The molecule has 0 N–H and O–H groups in total. The van der Waals surface area contributed by atoms with Crippen molar-refractivity contribution in [2.75, 3.05) is 36.1 Å². The van der Waals surface area contributed by atoms with E-state index >= 15 is 0 Å². The number of carbonyl (C=O) groups excluding carboxylic acids is 2. The summed E-state index contributed by atoms with van der Waals surface area (Å²) in [6, 6.07) is 13.5. The number of thioether (sulfide) groups is 2. The van der Waals surface area contributed by atoms with E-state index in [4.69, 9.17) is 0 Å². The first-order valence-corrected chi connectivity index (χ1v) is 10.8. The Morgan fingerprint density at radius 3 is 2.38 bits per heavy atom. The molecule has 2 aromatic rings.